The van der Waals surface area contributed by atoms with E-state index in [1.54, 1.807) is 37.3 Å². The van der Waals surface area contributed by atoms with Crippen molar-refractivity contribution in [3.63, 3.8) is 0 Å². The number of anilines is 1. The molecule has 4 nitrogen and oxygen atoms in total. The second-order valence-corrected chi connectivity index (χ2v) is 5.05. The number of esters is 1. The van der Waals surface area contributed by atoms with E-state index < -0.39 is 0 Å². The Morgan fingerprint density at radius 3 is 2.18 bits per heavy atom. The molecule has 0 saturated heterocycles. The van der Waals surface area contributed by atoms with Gasteiger partial charge >= 0.3 is 5.97 Å². The first-order chi connectivity index (χ1) is 10.5. The Morgan fingerprint density at radius 1 is 0.955 bits per heavy atom. The molecule has 0 bridgehead atoms. The number of nitrogens with one attached hydrogen (secondary N) is 1. The first kappa shape index (κ1) is 15.8. The van der Waals surface area contributed by atoms with Gasteiger partial charge in [-0.3, -0.25) is 4.79 Å². The maximum absolute atomic E-state index is 12.2. The smallest absolute Gasteiger partial charge is 0.338 e. The minimum atomic E-state index is -0.366. The first-order valence-electron chi connectivity index (χ1n) is 7.17. The summed E-state index contributed by atoms with van der Waals surface area (Å²) in [6, 6.07) is 12.2. The van der Waals surface area contributed by atoms with E-state index in [2.05, 4.69) is 5.32 Å². The van der Waals surface area contributed by atoms with Crippen LogP contribution in [0, 0.1) is 13.8 Å². The molecule has 1 amide bonds. The summed E-state index contributed by atoms with van der Waals surface area (Å²) in [5, 5.41) is 2.81. The summed E-state index contributed by atoms with van der Waals surface area (Å²) >= 11 is 0. The third kappa shape index (κ3) is 3.73. The minimum Gasteiger partial charge on any atom is -0.462 e. The summed E-state index contributed by atoms with van der Waals surface area (Å²) in [6.07, 6.45) is 0. The lowest BCUT2D eigenvalue weighted by Gasteiger charge is -2.08. The molecule has 0 aliphatic rings. The molecular formula is C18H19NO3. The third-order valence-corrected chi connectivity index (χ3v) is 3.42. The highest BCUT2D eigenvalue weighted by molar-refractivity contribution is 6.04. The molecule has 2 aromatic rings. The van der Waals surface area contributed by atoms with Crippen LogP contribution in [0.4, 0.5) is 5.69 Å². The van der Waals surface area contributed by atoms with Crippen molar-refractivity contribution in [3.8, 4) is 0 Å². The fourth-order valence-corrected chi connectivity index (χ4v) is 1.99. The molecule has 0 unspecified atom stereocenters. The van der Waals surface area contributed by atoms with E-state index in [-0.39, 0.29) is 11.9 Å². The molecule has 2 rings (SSSR count). The zero-order chi connectivity index (χ0) is 16.1. The number of aryl methyl sites for hydroxylation is 2. The quantitative estimate of drug-likeness (QED) is 0.875. The monoisotopic (exact) mass is 297 g/mol. The van der Waals surface area contributed by atoms with Crippen LogP contribution in [0.25, 0.3) is 0 Å². The van der Waals surface area contributed by atoms with Gasteiger partial charge in [0.15, 0.2) is 0 Å². The highest BCUT2D eigenvalue weighted by Crippen LogP contribution is 2.14. The number of amides is 1. The normalized spacial score (nSPS) is 10.1. The van der Waals surface area contributed by atoms with Gasteiger partial charge in [-0.2, -0.15) is 0 Å². The summed E-state index contributed by atoms with van der Waals surface area (Å²) in [5.41, 5.74) is 3.93. The van der Waals surface area contributed by atoms with Crippen molar-refractivity contribution in [3.05, 3.63) is 64.7 Å². The maximum atomic E-state index is 12.2. The van der Waals surface area contributed by atoms with Crippen LogP contribution in [0.1, 0.15) is 38.8 Å². The van der Waals surface area contributed by atoms with Gasteiger partial charge in [0.2, 0.25) is 0 Å². The second-order valence-electron chi connectivity index (χ2n) is 5.05. The van der Waals surface area contributed by atoms with Gasteiger partial charge in [0.05, 0.1) is 12.2 Å². The van der Waals surface area contributed by atoms with E-state index in [0.29, 0.717) is 23.4 Å². The van der Waals surface area contributed by atoms with E-state index in [4.69, 9.17) is 4.74 Å². The summed E-state index contributed by atoms with van der Waals surface area (Å²) in [5.74, 6) is -0.540. The molecule has 0 fully saturated rings. The molecule has 0 atom stereocenters. The highest BCUT2D eigenvalue weighted by Gasteiger charge is 2.09. The molecule has 0 heterocycles. The number of hydrogen-bond donors (Lipinski definition) is 1. The van der Waals surface area contributed by atoms with Crippen molar-refractivity contribution in [1.82, 2.24) is 0 Å². The average molecular weight is 297 g/mol. The van der Waals surface area contributed by atoms with Crippen LogP contribution in [0.5, 0.6) is 0 Å². The van der Waals surface area contributed by atoms with E-state index in [9.17, 15) is 9.59 Å². The molecule has 1 N–H and O–H groups in total. The summed E-state index contributed by atoms with van der Waals surface area (Å²) in [4.78, 5) is 23.8. The standard InChI is InChI=1S/C18H19NO3/c1-4-22-18(21)14-7-9-16(10-8-14)19-17(20)15-6-5-12(2)13(3)11-15/h5-11H,4H2,1-3H3,(H,19,20). The van der Waals surface area contributed by atoms with Crippen LogP contribution in [0.15, 0.2) is 42.5 Å². The number of rotatable bonds is 4. The van der Waals surface area contributed by atoms with E-state index in [1.807, 2.05) is 26.0 Å². The zero-order valence-corrected chi connectivity index (χ0v) is 13.0. The Morgan fingerprint density at radius 2 is 1.59 bits per heavy atom. The van der Waals surface area contributed by atoms with Gasteiger partial charge in [0, 0.05) is 11.3 Å². The molecule has 0 radical (unpaired) electrons. The van der Waals surface area contributed by atoms with E-state index in [1.165, 1.54) is 0 Å². The van der Waals surface area contributed by atoms with Gasteiger partial charge in [-0.05, 0) is 68.3 Å². The zero-order valence-electron chi connectivity index (χ0n) is 13.0. The predicted molar refractivity (Wildman–Crippen MR) is 86.3 cm³/mol. The molecule has 114 valence electrons. The van der Waals surface area contributed by atoms with Crippen molar-refractivity contribution in [2.45, 2.75) is 20.8 Å². The molecule has 0 spiro atoms. The Balaban J connectivity index is 2.08. The number of benzene rings is 2. The van der Waals surface area contributed by atoms with Crippen LogP contribution >= 0.6 is 0 Å². The van der Waals surface area contributed by atoms with Crippen molar-refractivity contribution in [2.75, 3.05) is 11.9 Å². The van der Waals surface area contributed by atoms with Gasteiger partial charge in [-0.1, -0.05) is 6.07 Å². The number of carbonyl (C=O) groups is 2. The van der Waals surface area contributed by atoms with E-state index in [0.717, 1.165) is 11.1 Å². The molecule has 22 heavy (non-hydrogen) atoms. The van der Waals surface area contributed by atoms with Crippen molar-refractivity contribution in [1.29, 1.82) is 0 Å². The molecule has 2 aromatic carbocycles. The maximum Gasteiger partial charge on any atom is 0.338 e. The molecule has 0 aliphatic heterocycles. The predicted octanol–water partition coefficient (Wildman–Crippen LogP) is 3.73. The summed E-state index contributed by atoms with van der Waals surface area (Å²) in [6.45, 7) is 6.07. The third-order valence-electron chi connectivity index (χ3n) is 3.42. The number of ether oxygens (including phenoxy) is 1. The topological polar surface area (TPSA) is 55.4 Å². The fourth-order valence-electron chi connectivity index (χ4n) is 1.99. The Bertz CT molecular complexity index is 690. The van der Waals surface area contributed by atoms with Crippen LogP contribution in [-0.2, 0) is 4.74 Å². The molecule has 0 aliphatic carbocycles. The SMILES string of the molecule is CCOC(=O)c1ccc(NC(=O)c2ccc(C)c(C)c2)cc1. The summed E-state index contributed by atoms with van der Waals surface area (Å²) < 4.78 is 4.92. The molecule has 4 heteroatoms. The Hall–Kier alpha value is -2.62. The lowest BCUT2D eigenvalue weighted by atomic mass is 10.1. The van der Waals surface area contributed by atoms with Crippen LogP contribution in [0.3, 0.4) is 0 Å². The Kier molecular flexibility index (Phi) is 4.94. The first-order valence-corrected chi connectivity index (χ1v) is 7.17. The van der Waals surface area contributed by atoms with Crippen LogP contribution in [-0.4, -0.2) is 18.5 Å². The van der Waals surface area contributed by atoms with Crippen LogP contribution in [0.2, 0.25) is 0 Å². The fraction of sp³-hybridized carbons (Fsp3) is 0.222. The highest BCUT2D eigenvalue weighted by atomic mass is 16.5. The van der Waals surface area contributed by atoms with Gasteiger partial charge in [-0.15, -0.1) is 0 Å². The molecular weight excluding hydrogens is 278 g/mol. The Labute approximate surface area is 130 Å². The molecule has 0 aromatic heterocycles. The van der Waals surface area contributed by atoms with Gasteiger partial charge in [-0.25, -0.2) is 4.79 Å². The lowest BCUT2D eigenvalue weighted by molar-refractivity contribution is 0.0526. The average Bonchev–Trinajstić information content (AvgIpc) is 2.51. The van der Waals surface area contributed by atoms with Gasteiger partial charge in [0.1, 0.15) is 0 Å². The molecule has 0 saturated carbocycles. The number of hydrogen-bond acceptors (Lipinski definition) is 3. The van der Waals surface area contributed by atoms with Crippen LogP contribution < -0.4 is 5.32 Å². The van der Waals surface area contributed by atoms with Crippen molar-refractivity contribution < 1.29 is 14.3 Å². The minimum absolute atomic E-state index is 0.174. The number of carbonyl (C=O) groups excluding carboxylic acids is 2. The second kappa shape index (κ2) is 6.89. The van der Waals surface area contributed by atoms with Gasteiger partial charge < -0.3 is 10.1 Å². The van der Waals surface area contributed by atoms with Gasteiger partial charge in [0.25, 0.3) is 5.91 Å². The lowest BCUT2D eigenvalue weighted by Crippen LogP contribution is -2.12. The largest absolute Gasteiger partial charge is 0.462 e. The van der Waals surface area contributed by atoms with Crippen molar-refractivity contribution in [2.24, 2.45) is 0 Å². The summed E-state index contributed by atoms with van der Waals surface area (Å²) in [7, 11) is 0. The van der Waals surface area contributed by atoms with Crippen molar-refractivity contribution >= 4 is 17.6 Å². The van der Waals surface area contributed by atoms with E-state index >= 15 is 0 Å².